The average Bonchev–Trinajstić information content (AvgIpc) is 2.48. The highest BCUT2D eigenvalue weighted by atomic mass is 19.1. The molecule has 0 aliphatic heterocycles. The fraction of sp³-hybridized carbons (Fsp3) is 0.529. The van der Waals surface area contributed by atoms with Gasteiger partial charge in [-0.2, -0.15) is 0 Å². The second-order valence-electron chi connectivity index (χ2n) is 5.09. The van der Waals surface area contributed by atoms with Crippen LogP contribution in [-0.4, -0.2) is 32.2 Å². The molecule has 1 fully saturated rings. The van der Waals surface area contributed by atoms with Crippen LogP contribution in [-0.2, 0) is 4.74 Å². The van der Waals surface area contributed by atoms with Crippen LogP contribution in [0.5, 0.6) is 0 Å². The number of nitrogens with zero attached hydrogens (tertiary/aromatic N) is 2. The van der Waals surface area contributed by atoms with Crippen molar-refractivity contribution in [2.45, 2.75) is 32.6 Å². The Morgan fingerprint density at radius 3 is 2.64 bits per heavy atom. The minimum atomic E-state index is -0.328. The number of hydrogen-bond donors (Lipinski definition) is 1. The van der Waals surface area contributed by atoms with Crippen LogP contribution < -0.4 is 5.73 Å². The maximum Gasteiger partial charge on any atom is 0.154 e. The number of halogens is 1. The van der Waals surface area contributed by atoms with Crippen LogP contribution in [0, 0.1) is 5.92 Å². The Hall–Kier alpha value is -1.75. The largest absolute Gasteiger partial charge is 0.487 e. The fourth-order valence-electron chi connectivity index (χ4n) is 2.31. The SMILES string of the molecule is C=CCOC(/C(=C\C)C1CCC1)=C(\F)CC(C=NCN)=NC. The van der Waals surface area contributed by atoms with Gasteiger partial charge in [-0.25, -0.2) is 4.39 Å². The number of rotatable bonds is 9. The quantitative estimate of drug-likeness (QED) is 0.306. The molecule has 1 aliphatic rings. The summed E-state index contributed by atoms with van der Waals surface area (Å²) in [6.07, 6.45) is 8.46. The molecule has 0 heterocycles. The molecule has 1 rings (SSSR count). The van der Waals surface area contributed by atoms with Crippen molar-refractivity contribution in [2.24, 2.45) is 21.6 Å². The van der Waals surface area contributed by atoms with Crippen molar-refractivity contribution in [1.82, 2.24) is 0 Å². The molecule has 5 heteroatoms. The minimum absolute atomic E-state index is 0.0521. The van der Waals surface area contributed by atoms with Gasteiger partial charge >= 0.3 is 0 Å². The van der Waals surface area contributed by atoms with E-state index < -0.39 is 0 Å². The molecule has 4 nitrogen and oxygen atoms in total. The van der Waals surface area contributed by atoms with E-state index in [1.54, 1.807) is 13.1 Å². The highest BCUT2D eigenvalue weighted by Gasteiger charge is 2.27. The third kappa shape index (κ3) is 5.22. The number of aliphatic imine (C=N–C) groups is 2. The first-order valence-electron chi connectivity index (χ1n) is 7.62. The Morgan fingerprint density at radius 2 is 2.18 bits per heavy atom. The molecule has 0 unspecified atom stereocenters. The average molecular weight is 307 g/mol. The summed E-state index contributed by atoms with van der Waals surface area (Å²) in [6.45, 7) is 5.98. The van der Waals surface area contributed by atoms with Crippen molar-refractivity contribution in [3.63, 3.8) is 0 Å². The summed E-state index contributed by atoms with van der Waals surface area (Å²) >= 11 is 0. The van der Waals surface area contributed by atoms with Gasteiger partial charge in [0, 0.05) is 19.7 Å². The summed E-state index contributed by atoms with van der Waals surface area (Å²) in [7, 11) is 1.61. The molecule has 0 radical (unpaired) electrons. The number of nitrogens with two attached hydrogens (primary N) is 1. The maximum atomic E-state index is 14.7. The topological polar surface area (TPSA) is 60.0 Å². The summed E-state index contributed by atoms with van der Waals surface area (Å²) in [5.41, 5.74) is 6.79. The monoisotopic (exact) mass is 307 g/mol. The van der Waals surface area contributed by atoms with E-state index in [1.807, 2.05) is 13.0 Å². The van der Waals surface area contributed by atoms with Gasteiger partial charge in [0.05, 0.1) is 12.4 Å². The van der Waals surface area contributed by atoms with Gasteiger partial charge in [0.1, 0.15) is 12.4 Å². The van der Waals surface area contributed by atoms with E-state index in [1.165, 1.54) is 12.6 Å². The van der Waals surface area contributed by atoms with E-state index in [-0.39, 0.29) is 25.5 Å². The molecule has 2 N–H and O–H groups in total. The van der Waals surface area contributed by atoms with Gasteiger partial charge in [-0.15, -0.1) is 0 Å². The Labute approximate surface area is 132 Å². The number of allylic oxidation sites excluding steroid dienone is 3. The highest BCUT2D eigenvalue weighted by Crippen LogP contribution is 2.38. The lowest BCUT2D eigenvalue weighted by atomic mass is 9.78. The summed E-state index contributed by atoms with van der Waals surface area (Å²) in [6, 6.07) is 0. The molecule has 0 bridgehead atoms. The van der Waals surface area contributed by atoms with Crippen molar-refractivity contribution in [1.29, 1.82) is 0 Å². The van der Waals surface area contributed by atoms with E-state index in [9.17, 15) is 4.39 Å². The van der Waals surface area contributed by atoms with Gasteiger partial charge in [0.15, 0.2) is 5.76 Å². The van der Waals surface area contributed by atoms with Crippen molar-refractivity contribution >= 4 is 11.9 Å². The molecule has 0 atom stereocenters. The molecule has 1 aliphatic carbocycles. The zero-order valence-corrected chi connectivity index (χ0v) is 13.5. The van der Waals surface area contributed by atoms with Crippen LogP contribution >= 0.6 is 0 Å². The first-order chi connectivity index (χ1) is 10.7. The lowest BCUT2D eigenvalue weighted by molar-refractivity contribution is 0.224. The number of hydrogen-bond acceptors (Lipinski definition) is 4. The third-order valence-electron chi connectivity index (χ3n) is 3.68. The summed E-state index contributed by atoms with van der Waals surface area (Å²) in [5.74, 6) is 0.385. The predicted molar refractivity (Wildman–Crippen MR) is 90.9 cm³/mol. The Kier molecular flexibility index (Phi) is 8.36. The van der Waals surface area contributed by atoms with Crippen molar-refractivity contribution < 1.29 is 9.13 Å². The van der Waals surface area contributed by atoms with Gasteiger partial charge in [0.25, 0.3) is 0 Å². The minimum Gasteiger partial charge on any atom is -0.487 e. The molecule has 22 heavy (non-hydrogen) atoms. The second-order valence-corrected chi connectivity index (χ2v) is 5.09. The summed E-state index contributed by atoms with van der Waals surface area (Å²) in [4.78, 5) is 7.94. The second kappa shape index (κ2) is 10.1. The Balaban J connectivity index is 3.00. The molecule has 0 aromatic heterocycles. The molecule has 0 aromatic carbocycles. The first kappa shape index (κ1) is 18.3. The van der Waals surface area contributed by atoms with Crippen LogP contribution in [0.2, 0.25) is 0 Å². The summed E-state index contributed by atoms with van der Waals surface area (Å²) in [5, 5.41) is 0. The molecular weight excluding hydrogens is 281 g/mol. The van der Waals surface area contributed by atoms with Crippen LogP contribution in [0.1, 0.15) is 32.6 Å². The van der Waals surface area contributed by atoms with Gasteiger partial charge in [0.2, 0.25) is 0 Å². The van der Waals surface area contributed by atoms with E-state index in [4.69, 9.17) is 10.5 Å². The van der Waals surface area contributed by atoms with E-state index in [2.05, 4.69) is 16.6 Å². The zero-order chi connectivity index (χ0) is 16.4. The Bertz CT molecular complexity index is 488. The predicted octanol–water partition coefficient (Wildman–Crippen LogP) is 3.56. The molecule has 122 valence electrons. The standard InChI is InChI=1S/C17H26FN3O/c1-4-9-22-17(15(5-2)13-7-6-8-13)16(18)10-14(20-3)11-21-12-19/h4-5,11,13H,1,6-10,12,19H2,2-3H3/b15-5-,17-16-,20-14?,21-11?. The van der Waals surface area contributed by atoms with Gasteiger partial charge in [-0.1, -0.05) is 25.2 Å². The van der Waals surface area contributed by atoms with Crippen LogP contribution in [0.4, 0.5) is 4.39 Å². The van der Waals surface area contributed by atoms with Crippen molar-refractivity contribution in [2.75, 3.05) is 20.3 Å². The molecular formula is C17H26FN3O. The van der Waals surface area contributed by atoms with Gasteiger partial charge in [-0.05, 0) is 31.3 Å². The molecule has 0 saturated heterocycles. The molecule has 1 saturated carbocycles. The van der Waals surface area contributed by atoms with E-state index in [0.717, 1.165) is 18.4 Å². The van der Waals surface area contributed by atoms with Crippen molar-refractivity contribution in [3.8, 4) is 0 Å². The Morgan fingerprint density at radius 1 is 1.45 bits per heavy atom. The van der Waals surface area contributed by atoms with Crippen LogP contribution in [0.3, 0.4) is 0 Å². The first-order valence-corrected chi connectivity index (χ1v) is 7.62. The number of ether oxygens (including phenoxy) is 1. The normalized spacial score (nSPS) is 18.2. The summed E-state index contributed by atoms with van der Waals surface area (Å²) < 4.78 is 20.3. The zero-order valence-electron chi connectivity index (χ0n) is 13.5. The highest BCUT2D eigenvalue weighted by molar-refractivity contribution is 6.31. The van der Waals surface area contributed by atoms with Crippen LogP contribution in [0.25, 0.3) is 0 Å². The maximum absolute atomic E-state index is 14.7. The molecule has 0 amide bonds. The van der Waals surface area contributed by atoms with E-state index >= 15 is 0 Å². The lowest BCUT2D eigenvalue weighted by Gasteiger charge is -2.29. The van der Waals surface area contributed by atoms with Crippen LogP contribution in [0.15, 0.2) is 45.9 Å². The molecule has 0 spiro atoms. The third-order valence-corrected chi connectivity index (χ3v) is 3.68. The molecule has 0 aromatic rings. The van der Waals surface area contributed by atoms with Gasteiger partial charge in [-0.3, -0.25) is 9.98 Å². The fourth-order valence-corrected chi connectivity index (χ4v) is 2.31. The van der Waals surface area contributed by atoms with Gasteiger partial charge < -0.3 is 10.5 Å². The van der Waals surface area contributed by atoms with Crippen molar-refractivity contribution in [3.05, 3.63) is 35.9 Å². The smallest absolute Gasteiger partial charge is 0.154 e. The van der Waals surface area contributed by atoms with E-state index in [0.29, 0.717) is 17.4 Å². The lowest BCUT2D eigenvalue weighted by Crippen LogP contribution is -2.17.